The average molecular weight is 379 g/mol. The molecule has 6 nitrogen and oxygen atoms in total. The van der Waals surface area contributed by atoms with Crippen LogP contribution in [0.1, 0.15) is 52.2 Å². The molecule has 27 heavy (non-hydrogen) atoms. The second kappa shape index (κ2) is 9.74. The molecule has 0 aliphatic heterocycles. The number of hydrogen-bond donors (Lipinski definition) is 2. The Bertz CT molecular complexity index is 638. The monoisotopic (exact) mass is 379 g/mol. The van der Waals surface area contributed by atoms with Crippen molar-refractivity contribution in [3.63, 3.8) is 0 Å². The third kappa shape index (κ3) is 7.99. The van der Waals surface area contributed by atoms with Gasteiger partial charge in [0.15, 0.2) is 0 Å². The number of aryl methyl sites for hydroxylation is 1. The van der Waals surface area contributed by atoms with Crippen molar-refractivity contribution in [3.05, 3.63) is 35.4 Å². The zero-order valence-electron chi connectivity index (χ0n) is 17.3. The molecule has 1 aromatic carbocycles. The Morgan fingerprint density at radius 1 is 1.19 bits per heavy atom. The van der Waals surface area contributed by atoms with Gasteiger partial charge in [-0.15, -0.1) is 0 Å². The van der Waals surface area contributed by atoms with E-state index >= 15 is 0 Å². The first-order chi connectivity index (χ1) is 12.5. The minimum absolute atomic E-state index is 0.167. The summed E-state index contributed by atoms with van der Waals surface area (Å²) >= 11 is 0. The maximum absolute atomic E-state index is 12.4. The Kier molecular flexibility index (Phi) is 8.28. The van der Waals surface area contributed by atoms with Crippen LogP contribution in [0.5, 0.6) is 0 Å². The van der Waals surface area contributed by atoms with Crippen LogP contribution in [0.4, 0.5) is 4.79 Å². The summed E-state index contributed by atoms with van der Waals surface area (Å²) in [6.45, 7) is 9.09. The van der Waals surface area contributed by atoms with E-state index in [0.717, 1.165) is 24.0 Å². The molecule has 0 aliphatic rings. The highest BCUT2D eigenvalue weighted by Crippen LogP contribution is 2.19. The van der Waals surface area contributed by atoms with E-state index in [1.54, 1.807) is 27.7 Å². The van der Waals surface area contributed by atoms with Crippen molar-refractivity contribution in [2.75, 3.05) is 13.7 Å². The molecular weight excluding hydrogens is 346 g/mol. The number of ether oxygens (including phenoxy) is 2. The zero-order valence-corrected chi connectivity index (χ0v) is 17.3. The highest BCUT2D eigenvalue weighted by atomic mass is 16.6. The summed E-state index contributed by atoms with van der Waals surface area (Å²) in [5.41, 5.74) is 0.129. The van der Waals surface area contributed by atoms with E-state index < -0.39 is 23.2 Å². The number of methoxy groups -OCH3 is 1. The second-order valence-corrected chi connectivity index (χ2v) is 8.27. The summed E-state index contributed by atoms with van der Waals surface area (Å²) in [6.07, 6.45) is 1.33. The minimum Gasteiger partial charge on any atom is -0.467 e. The van der Waals surface area contributed by atoms with Gasteiger partial charge in [0.2, 0.25) is 0 Å². The summed E-state index contributed by atoms with van der Waals surface area (Å²) < 4.78 is 10.2. The number of hydrogen-bond acceptors (Lipinski definition) is 5. The van der Waals surface area contributed by atoms with Crippen LogP contribution in [0.25, 0.3) is 0 Å². The summed E-state index contributed by atoms with van der Waals surface area (Å²) in [6, 6.07) is 7.88. The lowest BCUT2D eigenvalue weighted by atomic mass is 9.91. The Morgan fingerprint density at radius 2 is 1.81 bits per heavy atom. The fourth-order valence-corrected chi connectivity index (χ4v) is 2.73. The SMILES string of the molecule is COC(=O)C(C)(Cc1cccc(CCC(C)CO)c1)NC(=O)OC(C)(C)C. The van der Waals surface area contributed by atoms with Gasteiger partial charge in [-0.3, -0.25) is 0 Å². The number of benzene rings is 1. The molecule has 0 saturated heterocycles. The maximum atomic E-state index is 12.4. The van der Waals surface area contributed by atoms with Gasteiger partial charge in [-0.25, -0.2) is 9.59 Å². The molecular formula is C21H33NO5. The predicted molar refractivity (Wildman–Crippen MR) is 105 cm³/mol. The van der Waals surface area contributed by atoms with E-state index in [4.69, 9.17) is 14.6 Å². The molecule has 1 aromatic rings. The van der Waals surface area contributed by atoms with Crippen LogP contribution in [0.15, 0.2) is 24.3 Å². The smallest absolute Gasteiger partial charge is 0.408 e. The number of rotatable bonds is 8. The molecule has 0 aromatic heterocycles. The number of amides is 1. The highest BCUT2D eigenvalue weighted by molar-refractivity contribution is 5.85. The van der Waals surface area contributed by atoms with Crippen LogP contribution in [0.2, 0.25) is 0 Å². The van der Waals surface area contributed by atoms with Crippen LogP contribution in [0.3, 0.4) is 0 Å². The van der Waals surface area contributed by atoms with Gasteiger partial charge in [-0.1, -0.05) is 31.2 Å². The topological polar surface area (TPSA) is 84.9 Å². The molecule has 0 saturated carbocycles. The lowest BCUT2D eigenvalue weighted by Gasteiger charge is -2.30. The molecule has 0 spiro atoms. The van der Waals surface area contributed by atoms with Crippen LogP contribution < -0.4 is 5.32 Å². The van der Waals surface area contributed by atoms with E-state index in [1.807, 2.05) is 31.2 Å². The second-order valence-electron chi connectivity index (χ2n) is 8.27. The van der Waals surface area contributed by atoms with Crippen molar-refractivity contribution in [1.29, 1.82) is 0 Å². The molecule has 6 heteroatoms. The first-order valence-corrected chi connectivity index (χ1v) is 9.27. The van der Waals surface area contributed by atoms with E-state index in [9.17, 15) is 9.59 Å². The molecule has 2 unspecified atom stereocenters. The van der Waals surface area contributed by atoms with E-state index in [2.05, 4.69) is 5.32 Å². The first kappa shape index (κ1) is 23.0. The Labute approximate surface area is 162 Å². The predicted octanol–water partition coefficient (Wildman–Crippen LogP) is 3.25. The first-order valence-electron chi connectivity index (χ1n) is 9.27. The molecule has 0 bridgehead atoms. The lowest BCUT2D eigenvalue weighted by molar-refractivity contribution is -0.147. The number of carbonyl (C=O) groups excluding carboxylic acids is 2. The van der Waals surface area contributed by atoms with Crippen molar-refractivity contribution in [1.82, 2.24) is 5.32 Å². The Hall–Kier alpha value is -2.08. The van der Waals surface area contributed by atoms with Gasteiger partial charge in [-0.05, 0) is 57.6 Å². The summed E-state index contributed by atoms with van der Waals surface area (Å²) in [5, 5.41) is 11.8. The van der Waals surface area contributed by atoms with Crippen molar-refractivity contribution in [2.45, 2.75) is 65.0 Å². The quantitative estimate of drug-likeness (QED) is 0.677. The molecule has 1 rings (SSSR count). The molecule has 0 aliphatic carbocycles. The van der Waals surface area contributed by atoms with Gasteiger partial charge in [0.05, 0.1) is 7.11 Å². The van der Waals surface area contributed by atoms with Crippen molar-refractivity contribution >= 4 is 12.1 Å². The third-order valence-electron chi connectivity index (χ3n) is 4.20. The maximum Gasteiger partial charge on any atom is 0.408 e. The summed E-state index contributed by atoms with van der Waals surface area (Å²) in [5.74, 6) is -0.296. The average Bonchev–Trinajstić information content (AvgIpc) is 2.57. The normalized spacial score (nSPS) is 14.8. The Morgan fingerprint density at radius 3 is 2.37 bits per heavy atom. The molecule has 0 fully saturated rings. The highest BCUT2D eigenvalue weighted by Gasteiger charge is 2.37. The fourth-order valence-electron chi connectivity index (χ4n) is 2.73. The van der Waals surface area contributed by atoms with Crippen LogP contribution in [0, 0.1) is 5.92 Å². The van der Waals surface area contributed by atoms with E-state index in [0.29, 0.717) is 0 Å². The van der Waals surface area contributed by atoms with Gasteiger partial charge in [0.1, 0.15) is 11.1 Å². The van der Waals surface area contributed by atoms with Crippen molar-refractivity contribution in [2.24, 2.45) is 5.92 Å². The Balaban J connectivity index is 2.93. The number of aliphatic hydroxyl groups is 1. The summed E-state index contributed by atoms with van der Waals surface area (Å²) in [4.78, 5) is 24.6. The number of nitrogens with one attached hydrogen (secondary N) is 1. The van der Waals surface area contributed by atoms with Crippen LogP contribution >= 0.6 is 0 Å². The number of aliphatic hydroxyl groups excluding tert-OH is 1. The molecule has 0 radical (unpaired) electrons. The largest absolute Gasteiger partial charge is 0.467 e. The minimum atomic E-state index is -1.24. The number of alkyl carbamates (subject to hydrolysis) is 1. The molecule has 2 N–H and O–H groups in total. The van der Waals surface area contributed by atoms with Crippen molar-refractivity contribution < 1.29 is 24.2 Å². The number of carbonyl (C=O) groups is 2. The van der Waals surface area contributed by atoms with Crippen molar-refractivity contribution in [3.8, 4) is 0 Å². The molecule has 0 heterocycles. The third-order valence-corrected chi connectivity index (χ3v) is 4.20. The van der Waals surface area contributed by atoms with E-state index in [1.165, 1.54) is 7.11 Å². The van der Waals surface area contributed by atoms with E-state index in [-0.39, 0.29) is 18.9 Å². The van der Waals surface area contributed by atoms with Gasteiger partial charge >= 0.3 is 12.1 Å². The van der Waals surface area contributed by atoms with Crippen LogP contribution in [-0.2, 0) is 27.1 Å². The molecule has 152 valence electrons. The summed E-state index contributed by atoms with van der Waals surface area (Å²) in [7, 11) is 1.30. The van der Waals surface area contributed by atoms with Crippen LogP contribution in [-0.4, -0.2) is 42.0 Å². The standard InChI is InChI=1S/C21H33NO5/c1-15(14-23)10-11-16-8-7-9-17(12-16)13-21(5,18(24)26-6)22-19(25)27-20(2,3)4/h7-9,12,15,23H,10-11,13-14H2,1-6H3,(H,22,25). The fraction of sp³-hybridized carbons (Fsp3) is 0.619. The van der Waals surface area contributed by atoms with Gasteiger partial charge in [0.25, 0.3) is 0 Å². The van der Waals surface area contributed by atoms with Gasteiger partial charge in [-0.2, -0.15) is 0 Å². The zero-order chi connectivity index (χ0) is 20.7. The van der Waals surface area contributed by atoms with Gasteiger partial charge in [0, 0.05) is 13.0 Å². The lowest BCUT2D eigenvalue weighted by Crippen LogP contribution is -2.55. The molecule has 2 atom stereocenters. The molecule has 1 amide bonds. The van der Waals surface area contributed by atoms with Gasteiger partial charge < -0.3 is 19.9 Å². The number of esters is 1.